The monoisotopic (exact) mass is 834 g/mol. The molecule has 0 atom stereocenters. The van der Waals surface area contributed by atoms with Gasteiger partial charge in [-0.05, 0) is 125 Å². The molecule has 0 saturated heterocycles. The first-order valence-electron chi connectivity index (χ1n) is 22.1. The zero-order valence-electron chi connectivity index (χ0n) is 34.8. The number of hydrogen-bond acceptors (Lipinski definition) is 2. The van der Waals surface area contributed by atoms with Crippen molar-refractivity contribution < 1.29 is 4.42 Å². The minimum Gasteiger partial charge on any atom is -0.456 e. The van der Waals surface area contributed by atoms with E-state index in [1.165, 1.54) is 114 Å². The maximum absolute atomic E-state index is 6.14. The molecule has 0 spiro atoms. The fourth-order valence-corrected chi connectivity index (χ4v) is 11.7. The number of furan rings is 1. The molecule has 4 aromatic heterocycles. The minimum absolute atomic E-state index is 0.935. The summed E-state index contributed by atoms with van der Waals surface area (Å²) >= 11 is 1.86. The highest BCUT2D eigenvalue weighted by Crippen LogP contribution is 2.42. The smallest absolute Gasteiger partial charge is 0.135 e. The summed E-state index contributed by atoms with van der Waals surface area (Å²) in [4.78, 5) is 0. The van der Waals surface area contributed by atoms with Gasteiger partial charge in [0.1, 0.15) is 11.2 Å². The van der Waals surface area contributed by atoms with E-state index < -0.39 is 0 Å². The van der Waals surface area contributed by atoms with Crippen molar-refractivity contribution in [3.63, 3.8) is 0 Å². The second-order valence-electron chi connectivity index (χ2n) is 17.2. The molecule has 0 unspecified atom stereocenters. The Morgan fingerprint density at radius 1 is 0.344 bits per heavy atom. The average Bonchev–Trinajstić information content (AvgIpc) is 4.11. The van der Waals surface area contributed by atoms with Gasteiger partial charge >= 0.3 is 0 Å². The molecule has 0 N–H and O–H groups in total. The molecule has 13 aromatic rings. The molecule has 9 aromatic carbocycles. The SMILES string of the molecule is C1=C(c2ccc3oc4ccccc4c3c2)CCC(n2c3ccccc3c3ccc(-c4ccc5c6ccccc6n(-c6ccc(-c7ccc8sc9ccccc9c8c7)cc6)c5c4)cc32)=C1. The van der Waals surface area contributed by atoms with Gasteiger partial charge in [-0.2, -0.15) is 0 Å². The average molecular weight is 835 g/mol. The minimum atomic E-state index is 0.935. The molecule has 1 aliphatic carbocycles. The Bertz CT molecular complexity index is 4130. The Morgan fingerprint density at radius 2 is 0.891 bits per heavy atom. The van der Waals surface area contributed by atoms with Gasteiger partial charge in [0.2, 0.25) is 0 Å². The lowest BCUT2D eigenvalue weighted by molar-refractivity contribution is 0.669. The third kappa shape index (κ3) is 5.39. The van der Waals surface area contributed by atoms with E-state index in [-0.39, 0.29) is 0 Å². The highest BCUT2D eigenvalue weighted by molar-refractivity contribution is 7.25. The third-order valence-corrected chi connectivity index (χ3v) is 14.8. The highest BCUT2D eigenvalue weighted by Gasteiger charge is 2.19. The van der Waals surface area contributed by atoms with Crippen molar-refractivity contribution in [3.8, 4) is 27.9 Å². The van der Waals surface area contributed by atoms with Gasteiger partial charge in [-0.25, -0.2) is 0 Å². The number of para-hydroxylation sites is 3. The predicted molar refractivity (Wildman–Crippen MR) is 273 cm³/mol. The zero-order chi connectivity index (χ0) is 41.9. The fourth-order valence-electron chi connectivity index (χ4n) is 10.6. The first kappa shape index (κ1) is 35.7. The molecule has 0 amide bonds. The van der Waals surface area contributed by atoms with Crippen molar-refractivity contribution in [3.05, 3.63) is 212 Å². The van der Waals surface area contributed by atoms with E-state index in [1.54, 1.807) is 0 Å². The van der Waals surface area contributed by atoms with E-state index in [0.717, 1.165) is 29.7 Å². The maximum Gasteiger partial charge on any atom is 0.135 e. The van der Waals surface area contributed by atoms with Crippen LogP contribution in [0.2, 0.25) is 0 Å². The topological polar surface area (TPSA) is 23.0 Å². The molecular weight excluding hydrogens is 797 g/mol. The molecule has 0 aliphatic heterocycles. The quantitative estimate of drug-likeness (QED) is 0.169. The summed E-state index contributed by atoms with van der Waals surface area (Å²) in [6.45, 7) is 0. The standard InChI is InChI=1S/C60H38N2OS/c1-5-13-53-45(9-1)47-29-21-41(35-55(47)61(53)43-25-17-37(18-26-43)39-23-31-58-51(33-39)49-11-3-7-15-57(49)63-58)42-22-30-48-46-10-2-6-14-54(46)62(56(48)36-42)44-27-19-38(20-28-44)40-24-32-60-52(34-40)50-12-4-8-16-59(50)64-60/h1-17,19-25,27-36H,18,26H2. The number of fused-ring (bicyclic) bond motifs is 12. The molecule has 0 fully saturated rings. The van der Waals surface area contributed by atoms with Gasteiger partial charge in [0.25, 0.3) is 0 Å². The first-order chi connectivity index (χ1) is 31.7. The second kappa shape index (κ2) is 13.8. The van der Waals surface area contributed by atoms with Crippen LogP contribution in [0.3, 0.4) is 0 Å². The van der Waals surface area contributed by atoms with Gasteiger partial charge in [0, 0.05) is 63.9 Å². The molecule has 0 radical (unpaired) electrons. The Hall–Kier alpha value is -7.92. The molecule has 64 heavy (non-hydrogen) atoms. The summed E-state index contributed by atoms with van der Waals surface area (Å²) in [6.07, 6.45) is 6.58. The van der Waals surface area contributed by atoms with E-state index in [1.807, 2.05) is 23.5 Å². The van der Waals surface area contributed by atoms with Crippen LogP contribution in [-0.4, -0.2) is 9.13 Å². The van der Waals surface area contributed by atoms with Crippen LogP contribution >= 0.6 is 11.3 Å². The number of rotatable bonds is 5. The molecule has 1 aliphatic rings. The van der Waals surface area contributed by atoms with E-state index in [9.17, 15) is 0 Å². The third-order valence-electron chi connectivity index (χ3n) is 13.7. The van der Waals surface area contributed by atoms with Gasteiger partial charge in [0.05, 0.1) is 22.1 Å². The van der Waals surface area contributed by atoms with Crippen LogP contribution in [0.25, 0.3) is 125 Å². The van der Waals surface area contributed by atoms with E-state index in [2.05, 4.69) is 203 Å². The van der Waals surface area contributed by atoms with Crippen molar-refractivity contribution in [1.29, 1.82) is 0 Å². The lowest BCUT2D eigenvalue weighted by Crippen LogP contribution is -2.01. The molecule has 300 valence electrons. The highest BCUT2D eigenvalue weighted by atomic mass is 32.1. The van der Waals surface area contributed by atoms with Crippen LogP contribution in [-0.2, 0) is 0 Å². The lowest BCUT2D eigenvalue weighted by atomic mass is 9.94. The second-order valence-corrected chi connectivity index (χ2v) is 18.3. The van der Waals surface area contributed by atoms with Crippen molar-refractivity contribution in [2.24, 2.45) is 0 Å². The number of benzene rings is 9. The summed E-state index contributed by atoms with van der Waals surface area (Å²) in [7, 11) is 0. The fraction of sp³-hybridized carbons (Fsp3) is 0.0333. The van der Waals surface area contributed by atoms with Gasteiger partial charge in [0.15, 0.2) is 0 Å². The van der Waals surface area contributed by atoms with Crippen LogP contribution in [0.4, 0.5) is 0 Å². The molecule has 14 rings (SSSR count). The summed E-state index contributed by atoms with van der Waals surface area (Å²) in [6, 6.07) is 71.4. The molecule has 0 bridgehead atoms. The van der Waals surface area contributed by atoms with Gasteiger partial charge < -0.3 is 13.6 Å². The Balaban J connectivity index is 0.861. The lowest BCUT2D eigenvalue weighted by Gasteiger charge is -2.18. The zero-order valence-corrected chi connectivity index (χ0v) is 35.6. The molecule has 4 heteroatoms. The summed E-state index contributed by atoms with van der Waals surface area (Å²) < 4.78 is 13.7. The van der Waals surface area contributed by atoms with Crippen molar-refractivity contribution >= 4 is 108 Å². The number of hydrogen-bond donors (Lipinski definition) is 0. The molecule has 4 heterocycles. The Morgan fingerprint density at radius 3 is 1.64 bits per heavy atom. The van der Waals surface area contributed by atoms with Crippen LogP contribution in [0, 0.1) is 0 Å². The van der Waals surface area contributed by atoms with Gasteiger partial charge in [-0.15, -0.1) is 11.3 Å². The van der Waals surface area contributed by atoms with Gasteiger partial charge in [-0.1, -0.05) is 127 Å². The first-order valence-corrected chi connectivity index (χ1v) is 22.9. The molecular formula is C60H38N2OS. The van der Waals surface area contributed by atoms with Crippen molar-refractivity contribution in [1.82, 2.24) is 9.13 Å². The van der Waals surface area contributed by atoms with E-state index in [4.69, 9.17) is 4.42 Å². The van der Waals surface area contributed by atoms with Crippen LogP contribution in [0.15, 0.2) is 211 Å². The summed E-state index contributed by atoms with van der Waals surface area (Å²) in [5.74, 6) is 0. The summed E-state index contributed by atoms with van der Waals surface area (Å²) in [5, 5.41) is 10.1. The number of thiophene rings is 1. The van der Waals surface area contributed by atoms with Crippen molar-refractivity contribution in [2.45, 2.75) is 12.8 Å². The normalized spacial score (nSPS) is 13.4. The number of aromatic nitrogens is 2. The van der Waals surface area contributed by atoms with Gasteiger partial charge in [-0.3, -0.25) is 0 Å². The van der Waals surface area contributed by atoms with Crippen LogP contribution < -0.4 is 0 Å². The largest absolute Gasteiger partial charge is 0.456 e. The maximum atomic E-state index is 6.14. The number of nitrogens with zero attached hydrogens (tertiary/aromatic N) is 2. The predicted octanol–water partition coefficient (Wildman–Crippen LogP) is 17.2. The van der Waals surface area contributed by atoms with Crippen LogP contribution in [0.5, 0.6) is 0 Å². The molecule has 0 saturated carbocycles. The van der Waals surface area contributed by atoms with E-state index in [0.29, 0.717) is 0 Å². The Labute approximate surface area is 372 Å². The van der Waals surface area contributed by atoms with Crippen molar-refractivity contribution in [2.75, 3.05) is 0 Å². The van der Waals surface area contributed by atoms with E-state index >= 15 is 0 Å². The number of allylic oxidation sites excluding steroid dienone is 4. The van der Waals surface area contributed by atoms with Crippen LogP contribution in [0.1, 0.15) is 18.4 Å². The molecule has 3 nitrogen and oxygen atoms in total. The summed E-state index contributed by atoms with van der Waals surface area (Å²) in [5.41, 5.74) is 16.7. The Kier molecular flexibility index (Phi) is 7.68.